The van der Waals surface area contributed by atoms with E-state index >= 15 is 0 Å². The number of fused-ring (bicyclic) bond motifs is 1. The summed E-state index contributed by atoms with van der Waals surface area (Å²) in [6.07, 6.45) is 12.0. The summed E-state index contributed by atoms with van der Waals surface area (Å²) < 4.78 is 0. The highest BCUT2D eigenvalue weighted by atomic mass is 14.4. The molecule has 0 amide bonds. The fourth-order valence-corrected chi connectivity index (χ4v) is 4.67. The lowest BCUT2D eigenvalue weighted by molar-refractivity contribution is 0.131. The Morgan fingerprint density at radius 1 is 1.06 bits per heavy atom. The van der Waals surface area contributed by atoms with Crippen LogP contribution in [0.5, 0.6) is 0 Å². The predicted molar refractivity (Wildman–Crippen MR) is 71.4 cm³/mol. The Morgan fingerprint density at radius 2 is 1.88 bits per heavy atom. The second-order valence-electron chi connectivity index (χ2n) is 6.51. The molecule has 0 aromatic rings. The highest BCUT2D eigenvalue weighted by Gasteiger charge is 2.39. The first-order chi connectivity index (χ1) is 7.76. The Balaban J connectivity index is 1.90. The van der Waals surface area contributed by atoms with E-state index in [0.717, 1.165) is 29.6 Å². The van der Waals surface area contributed by atoms with Gasteiger partial charge in [0.15, 0.2) is 0 Å². The maximum Gasteiger partial charge on any atom is -0.0360 e. The molecule has 0 heteroatoms. The highest BCUT2D eigenvalue weighted by molar-refractivity contribution is 4.89. The van der Waals surface area contributed by atoms with Crippen LogP contribution in [-0.4, -0.2) is 0 Å². The summed E-state index contributed by atoms with van der Waals surface area (Å²) in [5.41, 5.74) is 0. The third kappa shape index (κ3) is 2.46. The number of hydrogen-bond acceptors (Lipinski definition) is 0. The molecule has 2 saturated carbocycles. The zero-order valence-electron chi connectivity index (χ0n) is 11.5. The first-order valence-electron chi connectivity index (χ1n) is 7.76. The molecule has 5 atom stereocenters. The highest BCUT2D eigenvalue weighted by Crippen LogP contribution is 2.49. The van der Waals surface area contributed by atoms with Crippen molar-refractivity contribution in [1.82, 2.24) is 0 Å². The summed E-state index contributed by atoms with van der Waals surface area (Å²) in [5.74, 6) is 5.38. The van der Waals surface area contributed by atoms with Crippen LogP contribution in [0.1, 0.15) is 72.1 Å². The summed E-state index contributed by atoms with van der Waals surface area (Å²) in [5, 5.41) is 0. The van der Waals surface area contributed by atoms with Gasteiger partial charge in [-0.1, -0.05) is 46.5 Å². The standard InChI is InChI=1S/C16H30/c1-4-6-13(5-2)14-9-10-16-12(3)7-8-15(16)11-14/h12-16H,4-11H2,1-3H3. The van der Waals surface area contributed by atoms with E-state index in [9.17, 15) is 0 Å². The van der Waals surface area contributed by atoms with Crippen molar-refractivity contribution in [3.8, 4) is 0 Å². The summed E-state index contributed by atoms with van der Waals surface area (Å²) in [6.45, 7) is 7.25. The van der Waals surface area contributed by atoms with E-state index in [4.69, 9.17) is 0 Å². The molecule has 0 radical (unpaired) electrons. The van der Waals surface area contributed by atoms with Crippen molar-refractivity contribution in [1.29, 1.82) is 0 Å². The number of hydrogen-bond donors (Lipinski definition) is 0. The van der Waals surface area contributed by atoms with Gasteiger partial charge in [-0.25, -0.2) is 0 Å². The SMILES string of the molecule is CCCC(CC)C1CCC2C(C)CCC2C1. The molecule has 94 valence electrons. The molecule has 0 heterocycles. The molecule has 2 fully saturated rings. The van der Waals surface area contributed by atoms with Gasteiger partial charge in [0.1, 0.15) is 0 Å². The van der Waals surface area contributed by atoms with Gasteiger partial charge in [-0.2, -0.15) is 0 Å². The van der Waals surface area contributed by atoms with Crippen molar-refractivity contribution in [3.63, 3.8) is 0 Å². The van der Waals surface area contributed by atoms with Crippen molar-refractivity contribution < 1.29 is 0 Å². The fourth-order valence-electron chi connectivity index (χ4n) is 4.67. The van der Waals surface area contributed by atoms with Crippen LogP contribution in [0.25, 0.3) is 0 Å². The van der Waals surface area contributed by atoms with E-state index in [1.807, 2.05) is 0 Å². The normalized spacial score (nSPS) is 40.7. The maximum absolute atomic E-state index is 2.49. The van der Waals surface area contributed by atoms with Crippen molar-refractivity contribution >= 4 is 0 Å². The van der Waals surface area contributed by atoms with Gasteiger partial charge in [-0.05, 0) is 55.3 Å². The molecule has 2 aliphatic rings. The minimum atomic E-state index is 1.04. The van der Waals surface area contributed by atoms with E-state index in [1.165, 1.54) is 25.7 Å². The lowest BCUT2D eigenvalue weighted by atomic mass is 9.68. The van der Waals surface area contributed by atoms with Gasteiger partial charge in [0.25, 0.3) is 0 Å². The van der Waals surface area contributed by atoms with Gasteiger partial charge in [-0.3, -0.25) is 0 Å². The van der Waals surface area contributed by atoms with Gasteiger partial charge < -0.3 is 0 Å². The van der Waals surface area contributed by atoms with E-state index in [1.54, 1.807) is 25.7 Å². The second-order valence-corrected chi connectivity index (χ2v) is 6.51. The van der Waals surface area contributed by atoms with Gasteiger partial charge >= 0.3 is 0 Å². The molecule has 5 unspecified atom stereocenters. The zero-order chi connectivity index (χ0) is 11.5. The quantitative estimate of drug-likeness (QED) is 0.607. The van der Waals surface area contributed by atoms with Crippen LogP contribution in [0.2, 0.25) is 0 Å². The first kappa shape index (κ1) is 12.5. The van der Waals surface area contributed by atoms with Gasteiger partial charge in [0, 0.05) is 0 Å². The van der Waals surface area contributed by atoms with Crippen LogP contribution in [0.4, 0.5) is 0 Å². The molecule has 0 N–H and O–H groups in total. The topological polar surface area (TPSA) is 0 Å². The maximum atomic E-state index is 2.49. The smallest absolute Gasteiger partial charge is 0.0360 e. The molecule has 2 rings (SSSR count). The van der Waals surface area contributed by atoms with Crippen LogP contribution < -0.4 is 0 Å². The largest absolute Gasteiger partial charge is 0.0654 e. The van der Waals surface area contributed by atoms with Crippen molar-refractivity contribution in [2.24, 2.45) is 29.6 Å². The van der Waals surface area contributed by atoms with Crippen molar-refractivity contribution in [2.75, 3.05) is 0 Å². The molecule has 0 aromatic heterocycles. The molecule has 0 spiro atoms. The number of rotatable bonds is 4. The summed E-state index contributed by atoms with van der Waals surface area (Å²) >= 11 is 0. The fraction of sp³-hybridized carbons (Fsp3) is 1.00. The summed E-state index contributed by atoms with van der Waals surface area (Å²) in [6, 6.07) is 0. The Bertz CT molecular complexity index is 208. The Hall–Kier alpha value is 0. The predicted octanol–water partition coefficient (Wildman–Crippen LogP) is 5.28. The van der Waals surface area contributed by atoms with E-state index in [2.05, 4.69) is 20.8 Å². The van der Waals surface area contributed by atoms with Crippen LogP contribution >= 0.6 is 0 Å². The monoisotopic (exact) mass is 222 g/mol. The van der Waals surface area contributed by atoms with E-state index in [0.29, 0.717) is 0 Å². The average molecular weight is 222 g/mol. The summed E-state index contributed by atoms with van der Waals surface area (Å²) in [7, 11) is 0. The Labute approximate surface area is 102 Å². The van der Waals surface area contributed by atoms with Crippen LogP contribution in [0.15, 0.2) is 0 Å². The zero-order valence-corrected chi connectivity index (χ0v) is 11.5. The van der Waals surface area contributed by atoms with Gasteiger partial charge in [0.05, 0.1) is 0 Å². The van der Waals surface area contributed by atoms with E-state index < -0.39 is 0 Å². The van der Waals surface area contributed by atoms with Crippen molar-refractivity contribution in [2.45, 2.75) is 72.1 Å². The molecular formula is C16H30. The molecule has 0 bridgehead atoms. The molecular weight excluding hydrogens is 192 g/mol. The molecule has 0 aliphatic heterocycles. The second kappa shape index (κ2) is 5.56. The third-order valence-corrected chi connectivity index (χ3v) is 5.66. The lowest BCUT2D eigenvalue weighted by Crippen LogP contribution is -2.27. The van der Waals surface area contributed by atoms with Crippen molar-refractivity contribution in [3.05, 3.63) is 0 Å². The lowest BCUT2D eigenvalue weighted by Gasteiger charge is -2.37. The van der Waals surface area contributed by atoms with Gasteiger partial charge in [0.2, 0.25) is 0 Å². The van der Waals surface area contributed by atoms with Crippen LogP contribution in [-0.2, 0) is 0 Å². The Kier molecular flexibility index (Phi) is 4.33. The minimum Gasteiger partial charge on any atom is -0.0654 e. The minimum absolute atomic E-state index is 1.04. The average Bonchev–Trinajstić information content (AvgIpc) is 2.67. The van der Waals surface area contributed by atoms with Crippen LogP contribution in [0.3, 0.4) is 0 Å². The van der Waals surface area contributed by atoms with E-state index in [-0.39, 0.29) is 0 Å². The first-order valence-corrected chi connectivity index (χ1v) is 7.76. The molecule has 0 saturated heterocycles. The van der Waals surface area contributed by atoms with Gasteiger partial charge in [-0.15, -0.1) is 0 Å². The molecule has 2 aliphatic carbocycles. The molecule has 0 nitrogen and oxygen atoms in total. The Morgan fingerprint density at radius 3 is 2.56 bits per heavy atom. The molecule has 0 aromatic carbocycles. The molecule has 16 heavy (non-hydrogen) atoms. The third-order valence-electron chi connectivity index (χ3n) is 5.66. The summed E-state index contributed by atoms with van der Waals surface area (Å²) in [4.78, 5) is 0. The van der Waals surface area contributed by atoms with Crippen LogP contribution in [0, 0.1) is 29.6 Å².